The average molecular weight is 335 g/mol. The van der Waals surface area contributed by atoms with Crippen LogP contribution in [0.4, 0.5) is 0 Å². The lowest BCUT2D eigenvalue weighted by molar-refractivity contribution is 0.102. The molecule has 0 N–H and O–H groups in total. The summed E-state index contributed by atoms with van der Waals surface area (Å²) in [6, 6.07) is 3.65. The number of thiophene rings is 1. The standard InChI is InChI=1S/C12H15BrO2S2/c13-12-6-5-11(16-12)10(14)8-17(15)7-9-3-1-2-4-9/h5-6,9H,1-4,7-8H2. The van der Waals surface area contributed by atoms with Crippen LogP contribution in [-0.4, -0.2) is 21.5 Å². The highest BCUT2D eigenvalue weighted by molar-refractivity contribution is 9.11. The Bertz CT molecular complexity index is 422. The zero-order valence-electron chi connectivity index (χ0n) is 9.49. The van der Waals surface area contributed by atoms with Gasteiger partial charge < -0.3 is 0 Å². The summed E-state index contributed by atoms with van der Waals surface area (Å²) in [6.07, 6.45) is 4.89. The SMILES string of the molecule is O=C(CS(=O)CC1CCCC1)c1ccc(Br)s1. The van der Waals surface area contributed by atoms with Gasteiger partial charge in [0.1, 0.15) is 0 Å². The predicted molar refractivity (Wildman–Crippen MR) is 76.2 cm³/mol. The maximum absolute atomic E-state index is 11.9. The molecule has 1 aromatic heterocycles. The van der Waals surface area contributed by atoms with E-state index in [0.717, 1.165) is 3.79 Å². The number of hydrogen-bond donors (Lipinski definition) is 0. The van der Waals surface area contributed by atoms with Crippen molar-refractivity contribution in [3.63, 3.8) is 0 Å². The first-order chi connectivity index (χ1) is 8.15. The molecular formula is C12H15BrO2S2. The molecule has 0 saturated heterocycles. The molecule has 1 atom stereocenters. The van der Waals surface area contributed by atoms with Crippen LogP contribution in [0, 0.1) is 5.92 Å². The third-order valence-corrected chi connectivity index (χ3v) is 6.13. The van der Waals surface area contributed by atoms with E-state index in [4.69, 9.17) is 0 Å². The predicted octanol–water partition coefficient (Wildman–Crippen LogP) is 3.63. The van der Waals surface area contributed by atoms with Crippen LogP contribution in [0.3, 0.4) is 0 Å². The van der Waals surface area contributed by atoms with Gasteiger partial charge in [0.15, 0.2) is 5.78 Å². The number of carbonyl (C=O) groups excluding carboxylic acids is 1. The Morgan fingerprint density at radius 1 is 1.41 bits per heavy atom. The zero-order chi connectivity index (χ0) is 12.3. The van der Waals surface area contributed by atoms with Crippen LogP contribution in [-0.2, 0) is 10.8 Å². The van der Waals surface area contributed by atoms with Crippen molar-refractivity contribution in [2.75, 3.05) is 11.5 Å². The van der Waals surface area contributed by atoms with E-state index >= 15 is 0 Å². The minimum Gasteiger partial charge on any atom is -0.292 e. The van der Waals surface area contributed by atoms with E-state index < -0.39 is 10.8 Å². The van der Waals surface area contributed by atoms with Crippen LogP contribution in [0.2, 0.25) is 0 Å². The second-order valence-corrected chi connectivity index (χ2v) is 8.39. The molecule has 1 aromatic rings. The first-order valence-corrected chi connectivity index (χ1v) is 8.88. The highest BCUT2D eigenvalue weighted by Gasteiger charge is 2.20. The molecule has 5 heteroatoms. The first-order valence-electron chi connectivity index (χ1n) is 5.78. The summed E-state index contributed by atoms with van der Waals surface area (Å²) in [4.78, 5) is 12.5. The smallest absolute Gasteiger partial charge is 0.185 e. The van der Waals surface area contributed by atoms with E-state index in [0.29, 0.717) is 16.5 Å². The van der Waals surface area contributed by atoms with E-state index in [9.17, 15) is 9.00 Å². The molecule has 1 heterocycles. The van der Waals surface area contributed by atoms with Crippen LogP contribution >= 0.6 is 27.3 Å². The second kappa shape index (κ2) is 6.25. The van der Waals surface area contributed by atoms with Gasteiger partial charge in [-0.05, 0) is 46.8 Å². The van der Waals surface area contributed by atoms with Gasteiger partial charge in [-0.3, -0.25) is 9.00 Å². The van der Waals surface area contributed by atoms with Gasteiger partial charge in [-0.15, -0.1) is 11.3 Å². The molecule has 2 rings (SSSR count). The molecule has 0 bridgehead atoms. The molecule has 1 aliphatic carbocycles. The molecule has 1 aliphatic rings. The Kier molecular flexibility index (Phi) is 4.94. The summed E-state index contributed by atoms with van der Waals surface area (Å²) in [7, 11) is -0.989. The van der Waals surface area contributed by atoms with E-state index in [1.807, 2.05) is 6.07 Å². The van der Waals surface area contributed by atoms with E-state index in [1.165, 1.54) is 37.0 Å². The van der Waals surface area contributed by atoms with Gasteiger partial charge in [0.25, 0.3) is 0 Å². The van der Waals surface area contributed by atoms with Gasteiger partial charge in [-0.25, -0.2) is 0 Å². The molecule has 0 radical (unpaired) electrons. The van der Waals surface area contributed by atoms with Crippen LogP contribution in [0.15, 0.2) is 15.9 Å². The van der Waals surface area contributed by atoms with Crippen molar-refractivity contribution >= 4 is 43.8 Å². The van der Waals surface area contributed by atoms with Crippen LogP contribution in [0.25, 0.3) is 0 Å². The fourth-order valence-electron chi connectivity index (χ4n) is 2.18. The fourth-order valence-corrected chi connectivity index (χ4v) is 5.02. The summed E-state index contributed by atoms with van der Waals surface area (Å²) in [6.45, 7) is 0. The van der Waals surface area contributed by atoms with Crippen LogP contribution < -0.4 is 0 Å². The number of rotatable bonds is 5. The van der Waals surface area contributed by atoms with Gasteiger partial charge in [-0.2, -0.15) is 0 Å². The number of hydrogen-bond acceptors (Lipinski definition) is 3. The number of Topliss-reactive ketones (excluding diaryl/α,β-unsaturated/α-hetero) is 1. The minimum absolute atomic E-state index is 0.0111. The molecule has 94 valence electrons. The molecule has 0 spiro atoms. The number of ketones is 1. The van der Waals surface area contributed by atoms with Gasteiger partial charge in [0, 0.05) is 16.6 Å². The molecule has 0 aliphatic heterocycles. The summed E-state index contributed by atoms with van der Waals surface area (Å²) < 4.78 is 12.8. The Labute approximate surface area is 116 Å². The van der Waals surface area contributed by atoms with Gasteiger partial charge in [0.05, 0.1) is 14.4 Å². The fraction of sp³-hybridized carbons (Fsp3) is 0.583. The Balaban J connectivity index is 1.83. The van der Waals surface area contributed by atoms with Crippen molar-refractivity contribution in [1.82, 2.24) is 0 Å². The molecule has 17 heavy (non-hydrogen) atoms. The molecule has 2 nitrogen and oxygen atoms in total. The molecular weight excluding hydrogens is 320 g/mol. The molecule has 0 amide bonds. The lowest BCUT2D eigenvalue weighted by Gasteiger charge is -2.07. The van der Waals surface area contributed by atoms with E-state index in [-0.39, 0.29) is 11.5 Å². The number of halogens is 1. The normalized spacial score (nSPS) is 18.4. The second-order valence-electron chi connectivity index (χ2n) is 4.43. The summed E-state index contributed by atoms with van der Waals surface area (Å²) in [5, 5.41) is 0. The van der Waals surface area contributed by atoms with Crippen LogP contribution in [0.1, 0.15) is 35.4 Å². The lowest BCUT2D eigenvalue weighted by atomic mass is 10.1. The molecule has 1 unspecified atom stereocenters. The van der Waals surface area contributed by atoms with Gasteiger partial charge in [-0.1, -0.05) is 12.8 Å². The molecule has 1 saturated carbocycles. The van der Waals surface area contributed by atoms with Crippen LogP contribution in [0.5, 0.6) is 0 Å². The summed E-state index contributed by atoms with van der Waals surface area (Å²) in [5.41, 5.74) is 0. The van der Waals surface area contributed by atoms with Crippen molar-refractivity contribution in [3.8, 4) is 0 Å². The van der Waals surface area contributed by atoms with Crippen molar-refractivity contribution in [2.24, 2.45) is 5.92 Å². The Morgan fingerprint density at radius 3 is 2.71 bits per heavy atom. The Morgan fingerprint density at radius 2 is 2.12 bits per heavy atom. The molecule has 1 fully saturated rings. The molecule has 0 aromatic carbocycles. The average Bonchev–Trinajstić information content (AvgIpc) is 2.89. The highest BCUT2D eigenvalue weighted by atomic mass is 79.9. The van der Waals surface area contributed by atoms with Gasteiger partial charge >= 0.3 is 0 Å². The van der Waals surface area contributed by atoms with Gasteiger partial charge in [0.2, 0.25) is 0 Å². The summed E-state index contributed by atoms with van der Waals surface area (Å²) in [5.74, 6) is 1.48. The third-order valence-electron chi connectivity index (χ3n) is 3.04. The van der Waals surface area contributed by atoms with E-state index in [2.05, 4.69) is 15.9 Å². The maximum atomic E-state index is 11.9. The number of carbonyl (C=O) groups is 1. The zero-order valence-corrected chi connectivity index (χ0v) is 12.7. The summed E-state index contributed by atoms with van der Waals surface area (Å²) >= 11 is 4.74. The van der Waals surface area contributed by atoms with Crippen molar-refractivity contribution < 1.29 is 9.00 Å². The first kappa shape index (κ1) is 13.4. The minimum atomic E-state index is -0.989. The maximum Gasteiger partial charge on any atom is 0.185 e. The van der Waals surface area contributed by atoms with Crippen molar-refractivity contribution in [3.05, 3.63) is 20.8 Å². The van der Waals surface area contributed by atoms with Crippen molar-refractivity contribution in [1.29, 1.82) is 0 Å². The lowest BCUT2D eigenvalue weighted by Crippen LogP contribution is -2.16. The third kappa shape index (κ3) is 4.00. The quantitative estimate of drug-likeness (QED) is 0.770. The van der Waals surface area contributed by atoms with Crippen molar-refractivity contribution in [2.45, 2.75) is 25.7 Å². The van der Waals surface area contributed by atoms with E-state index in [1.54, 1.807) is 6.07 Å². The highest BCUT2D eigenvalue weighted by Crippen LogP contribution is 2.26. The monoisotopic (exact) mass is 334 g/mol. The topological polar surface area (TPSA) is 34.1 Å². The Hall–Kier alpha value is -0.0000000000000000833. The largest absolute Gasteiger partial charge is 0.292 e.